The Kier molecular flexibility index (Phi) is 4.77. The number of hydrogen-bond donors (Lipinski definition) is 1. The molecular formula is C17H10N6O5. The van der Waals surface area contributed by atoms with Crippen LogP contribution in [0.25, 0.3) is 5.69 Å². The van der Waals surface area contributed by atoms with Crippen molar-refractivity contribution in [3.05, 3.63) is 86.1 Å². The van der Waals surface area contributed by atoms with Gasteiger partial charge in [-0.1, -0.05) is 18.2 Å². The highest BCUT2D eigenvalue weighted by atomic mass is 16.6. The van der Waals surface area contributed by atoms with E-state index in [1.165, 1.54) is 0 Å². The highest BCUT2D eigenvalue weighted by Crippen LogP contribution is 2.30. The van der Waals surface area contributed by atoms with Crippen LogP contribution in [0, 0.1) is 31.6 Å². The lowest BCUT2D eigenvalue weighted by molar-refractivity contribution is -0.394. The number of carbonyl (C=O) groups excluding carboxylic acids is 1. The number of amides is 1. The van der Waals surface area contributed by atoms with Crippen molar-refractivity contribution < 1.29 is 14.6 Å². The lowest BCUT2D eigenvalue weighted by Gasteiger charge is -2.10. The minimum atomic E-state index is -0.807. The standard InChI is InChI=1S/C17H10N6O5/c18-9-12-10-19-21(16(12)20-17(24)11-4-2-1-3-5-11)14-7-6-13(22(25)26)8-15(14)23(27)28/h1-8,10H,(H,20,24). The van der Waals surface area contributed by atoms with Gasteiger partial charge in [0.15, 0.2) is 5.82 Å². The molecule has 2 aromatic carbocycles. The van der Waals surface area contributed by atoms with Crippen LogP contribution in [0.2, 0.25) is 0 Å². The third-order valence-electron chi connectivity index (χ3n) is 3.75. The van der Waals surface area contributed by atoms with Gasteiger partial charge < -0.3 is 5.32 Å². The molecule has 11 heteroatoms. The number of aromatic nitrogens is 2. The quantitative estimate of drug-likeness (QED) is 0.528. The Balaban J connectivity index is 2.11. The molecule has 0 aliphatic heterocycles. The second-order valence-corrected chi connectivity index (χ2v) is 5.44. The van der Waals surface area contributed by atoms with Gasteiger partial charge in [0.1, 0.15) is 17.3 Å². The Hall–Kier alpha value is -4.59. The maximum Gasteiger partial charge on any atom is 0.301 e. The van der Waals surface area contributed by atoms with Gasteiger partial charge >= 0.3 is 5.69 Å². The maximum absolute atomic E-state index is 12.4. The monoisotopic (exact) mass is 378 g/mol. The predicted octanol–water partition coefficient (Wildman–Crippen LogP) is 2.81. The van der Waals surface area contributed by atoms with Crippen LogP contribution in [0.15, 0.2) is 54.7 Å². The number of nitriles is 1. The number of benzene rings is 2. The largest absolute Gasteiger partial charge is 0.305 e. The van der Waals surface area contributed by atoms with Crippen molar-refractivity contribution in [2.24, 2.45) is 0 Å². The molecule has 0 saturated carbocycles. The summed E-state index contributed by atoms with van der Waals surface area (Å²) in [4.78, 5) is 33.2. The SMILES string of the molecule is N#Cc1cnn(-c2ccc([N+](=O)[O-])cc2[N+](=O)[O-])c1NC(=O)c1ccccc1. The van der Waals surface area contributed by atoms with Crippen molar-refractivity contribution in [3.8, 4) is 11.8 Å². The maximum atomic E-state index is 12.4. The Morgan fingerprint density at radius 3 is 2.43 bits per heavy atom. The molecule has 3 aromatic rings. The normalized spacial score (nSPS) is 10.1. The van der Waals surface area contributed by atoms with Gasteiger partial charge in [-0.05, 0) is 18.2 Å². The van der Waals surface area contributed by atoms with E-state index >= 15 is 0 Å². The average Bonchev–Trinajstić information content (AvgIpc) is 3.10. The number of nitrogens with one attached hydrogen (secondary N) is 1. The first-order valence-electron chi connectivity index (χ1n) is 7.70. The predicted molar refractivity (Wildman–Crippen MR) is 96.0 cm³/mol. The number of non-ortho nitro benzene ring substituents is 1. The van der Waals surface area contributed by atoms with Crippen LogP contribution < -0.4 is 5.32 Å². The van der Waals surface area contributed by atoms with Gasteiger partial charge in [-0.2, -0.15) is 10.4 Å². The molecule has 0 unspecified atom stereocenters. The van der Waals surface area contributed by atoms with E-state index in [-0.39, 0.29) is 17.1 Å². The fourth-order valence-electron chi connectivity index (χ4n) is 2.45. The number of anilines is 1. The molecule has 28 heavy (non-hydrogen) atoms. The summed E-state index contributed by atoms with van der Waals surface area (Å²) in [5.74, 6) is -0.642. The zero-order chi connectivity index (χ0) is 20.3. The molecule has 3 rings (SSSR count). The molecule has 1 amide bonds. The zero-order valence-corrected chi connectivity index (χ0v) is 14.0. The Morgan fingerprint density at radius 1 is 1.11 bits per heavy atom. The summed E-state index contributed by atoms with van der Waals surface area (Å²) in [6.07, 6.45) is 1.13. The smallest absolute Gasteiger partial charge is 0.301 e. The molecule has 0 fully saturated rings. The van der Waals surface area contributed by atoms with Crippen LogP contribution in [0.5, 0.6) is 0 Å². The number of nitro groups is 2. The van der Waals surface area contributed by atoms with Gasteiger partial charge in [-0.25, -0.2) is 4.68 Å². The summed E-state index contributed by atoms with van der Waals surface area (Å²) >= 11 is 0. The number of hydrogen-bond acceptors (Lipinski definition) is 7. The molecule has 1 N–H and O–H groups in total. The van der Waals surface area contributed by atoms with Crippen molar-refractivity contribution in [3.63, 3.8) is 0 Å². The molecule has 11 nitrogen and oxygen atoms in total. The van der Waals surface area contributed by atoms with Gasteiger partial charge in [0.2, 0.25) is 0 Å². The summed E-state index contributed by atoms with van der Waals surface area (Å²) in [7, 11) is 0. The zero-order valence-electron chi connectivity index (χ0n) is 14.0. The highest BCUT2D eigenvalue weighted by Gasteiger charge is 2.25. The lowest BCUT2D eigenvalue weighted by Crippen LogP contribution is -2.16. The van der Waals surface area contributed by atoms with Crippen LogP contribution in [-0.4, -0.2) is 25.5 Å². The molecule has 1 aromatic heterocycles. The number of rotatable bonds is 5. The van der Waals surface area contributed by atoms with Crippen molar-refractivity contribution >= 4 is 23.1 Å². The number of nitrogens with zero attached hydrogens (tertiary/aromatic N) is 5. The molecular weight excluding hydrogens is 368 g/mol. The van der Waals surface area contributed by atoms with Gasteiger partial charge in [-0.3, -0.25) is 25.0 Å². The van der Waals surface area contributed by atoms with Crippen LogP contribution in [-0.2, 0) is 0 Å². The summed E-state index contributed by atoms with van der Waals surface area (Å²) in [6, 6.07) is 13.0. The third kappa shape index (κ3) is 3.37. The molecule has 0 radical (unpaired) electrons. The van der Waals surface area contributed by atoms with Crippen LogP contribution in [0.4, 0.5) is 17.2 Å². The van der Waals surface area contributed by atoms with Gasteiger partial charge in [-0.15, -0.1) is 0 Å². The Bertz CT molecular complexity index is 1130. The van der Waals surface area contributed by atoms with Crippen molar-refractivity contribution in [1.82, 2.24) is 9.78 Å². The van der Waals surface area contributed by atoms with Crippen molar-refractivity contribution in [1.29, 1.82) is 5.26 Å². The molecule has 0 aliphatic carbocycles. The van der Waals surface area contributed by atoms with E-state index in [4.69, 9.17) is 0 Å². The van der Waals surface area contributed by atoms with Crippen LogP contribution in [0.1, 0.15) is 15.9 Å². The first kappa shape index (κ1) is 18.2. The Morgan fingerprint density at radius 2 is 1.82 bits per heavy atom. The number of nitro benzene ring substituents is 2. The van der Waals surface area contributed by atoms with E-state index in [1.54, 1.807) is 30.3 Å². The van der Waals surface area contributed by atoms with E-state index in [0.717, 1.165) is 29.1 Å². The van der Waals surface area contributed by atoms with E-state index < -0.39 is 27.1 Å². The average molecular weight is 378 g/mol. The molecule has 0 atom stereocenters. The second-order valence-electron chi connectivity index (χ2n) is 5.44. The minimum absolute atomic E-state index is 0.0306. The first-order chi connectivity index (χ1) is 13.4. The van der Waals surface area contributed by atoms with Gasteiger partial charge in [0.25, 0.3) is 11.6 Å². The molecule has 0 saturated heterocycles. The molecule has 0 aliphatic rings. The van der Waals surface area contributed by atoms with Crippen LogP contribution >= 0.6 is 0 Å². The summed E-state index contributed by atoms with van der Waals surface area (Å²) in [5.41, 5.74) is -0.940. The Labute approximate surface area is 156 Å². The van der Waals surface area contributed by atoms with Crippen LogP contribution in [0.3, 0.4) is 0 Å². The minimum Gasteiger partial charge on any atom is -0.305 e. The lowest BCUT2D eigenvalue weighted by atomic mass is 10.2. The molecule has 138 valence electrons. The number of carbonyl (C=O) groups is 1. The van der Waals surface area contributed by atoms with Gasteiger partial charge in [0.05, 0.1) is 22.1 Å². The molecule has 0 spiro atoms. The first-order valence-corrected chi connectivity index (χ1v) is 7.70. The summed E-state index contributed by atoms with van der Waals surface area (Å²) < 4.78 is 0.987. The second kappa shape index (κ2) is 7.34. The highest BCUT2D eigenvalue weighted by molar-refractivity contribution is 6.04. The fraction of sp³-hybridized carbons (Fsp3) is 0. The van der Waals surface area contributed by atoms with E-state index in [1.807, 2.05) is 6.07 Å². The topological polar surface area (TPSA) is 157 Å². The van der Waals surface area contributed by atoms with E-state index in [9.17, 15) is 30.3 Å². The van der Waals surface area contributed by atoms with Crippen molar-refractivity contribution in [2.75, 3.05) is 5.32 Å². The third-order valence-corrected chi connectivity index (χ3v) is 3.75. The van der Waals surface area contributed by atoms with Gasteiger partial charge in [0, 0.05) is 11.6 Å². The summed E-state index contributed by atoms with van der Waals surface area (Å²) in [5, 5.41) is 38.0. The van der Waals surface area contributed by atoms with Crippen molar-refractivity contribution in [2.45, 2.75) is 0 Å². The fourth-order valence-corrected chi connectivity index (χ4v) is 2.45. The summed E-state index contributed by atoms with van der Waals surface area (Å²) in [6.45, 7) is 0. The molecule has 0 bridgehead atoms. The molecule has 1 heterocycles. The van der Waals surface area contributed by atoms with E-state index in [0.29, 0.717) is 5.56 Å². The van der Waals surface area contributed by atoms with E-state index in [2.05, 4.69) is 10.4 Å².